The molecule has 0 aliphatic carbocycles. The topological polar surface area (TPSA) is 125 Å². The quantitative estimate of drug-likeness (QED) is 0.442. The Bertz CT molecular complexity index is 992. The molecule has 0 bridgehead atoms. The fourth-order valence-electron chi connectivity index (χ4n) is 2.70. The second kappa shape index (κ2) is 9.81. The fourth-order valence-corrected chi connectivity index (χ4v) is 3.54. The number of halogens is 3. The van der Waals surface area contributed by atoms with E-state index in [1.807, 2.05) is 0 Å². The van der Waals surface area contributed by atoms with Crippen LogP contribution >= 0.6 is 11.8 Å². The minimum atomic E-state index is -1.10. The lowest BCUT2D eigenvalue weighted by molar-refractivity contribution is -0.125. The number of carbonyl (C=O) groups is 3. The maximum Gasteiger partial charge on any atom is 0.252 e. The molecule has 1 saturated heterocycles. The lowest BCUT2D eigenvalue weighted by atomic mass is 10.1. The number of hydrogen-bond acceptors (Lipinski definition) is 6. The molecular weight excluding hydrogens is 435 g/mol. The molecule has 0 aromatic heterocycles. The van der Waals surface area contributed by atoms with Gasteiger partial charge in [-0.05, 0) is 36.4 Å². The molecule has 8 nitrogen and oxygen atoms in total. The van der Waals surface area contributed by atoms with E-state index in [2.05, 4.69) is 21.3 Å². The lowest BCUT2D eigenvalue weighted by Gasteiger charge is -2.35. The summed E-state index contributed by atoms with van der Waals surface area (Å²) < 4.78 is 39.5. The Labute approximate surface area is 179 Å². The van der Waals surface area contributed by atoms with Crippen molar-refractivity contribution in [3.8, 4) is 0 Å². The van der Waals surface area contributed by atoms with Gasteiger partial charge in [-0.3, -0.25) is 19.7 Å². The van der Waals surface area contributed by atoms with Crippen molar-refractivity contribution >= 4 is 35.2 Å². The molecular formula is C19H18F3N5O3S. The molecule has 3 unspecified atom stereocenters. The van der Waals surface area contributed by atoms with Crippen molar-refractivity contribution in [2.75, 3.05) is 11.1 Å². The molecule has 2 aromatic rings. The van der Waals surface area contributed by atoms with Gasteiger partial charge in [0.15, 0.2) is 0 Å². The molecule has 1 aliphatic rings. The van der Waals surface area contributed by atoms with Crippen molar-refractivity contribution in [2.24, 2.45) is 5.73 Å². The first-order valence-corrected chi connectivity index (χ1v) is 10.0. The van der Waals surface area contributed by atoms with Gasteiger partial charge in [0.2, 0.25) is 11.8 Å². The Morgan fingerprint density at radius 1 is 1.06 bits per heavy atom. The van der Waals surface area contributed by atoms with E-state index < -0.39 is 52.9 Å². The molecule has 12 heteroatoms. The van der Waals surface area contributed by atoms with E-state index >= 15 is 0 Å². The van der Waals surface area contributed by atoms with Crippen molar-refractivity contribution in [2.45, 2.75) is 17.7 Å². The van der Waals surface area contributed by atoms with Crippen LogP contribution in [0.25, 0.3) is 0 Å². The number of benzene rings is 2. The Kier molecular flexibility index (Phi) is 7.15. The van der Waals surface area contributed by atoms with E-state index in [1.165, 1.54) is 12.1 Å². The van der Waals surface area contributed by atoms with E-state index in [9.17, 15) is 27.6 Å². The highest BCUT2D eigenvalue weighted by molar-refractivity contribution is 8.00. The van der Waals surface area contributed by atoms with Gasteiger partial charge in [-0.1, -0.05) is 0 Å². The van der Waals surface area contributed by atoms with Crippen LogP contribution in [-0.4, -0.2) is 41.2 Å². The molecule has 6 N–H and O–H groups in total. The van der Waals surface area contributed by atoms with Crippen molar-refractivity contribution in [1.29, 1.82) is 0 Å². The van der Waals surface area contributed by atoms with Gasteiger partial charge in [-0.2, -0.15) is 0 Å². The third-order valence-electron chi connectivity index (χ3n) is 4.24. The van der Waals surface area contributed by atoms with Gasteiger partial charge in [0.1, 0.15) is 29.0 Å². The van der Waals surface area contributed by atoms with Crippen molar-refractivity contribution in [3.05, 3.63) is 65.5 Å². The average Bonchev–Trinajstić information content (AvgIpc) is 2.71. The molecule has 0 spiro atoms. The number of anilines is 1. The second-order valence-electron chi connectivity index (χ2n) is 6.52. The molecule has 1 aliphatic heterocycles. The van der Waals surface area contributed by atoms with Crippen LogP contribution in [0.4, 0.5) is 18.9 Å². The molecule has 0 saturated carbocycles. The molecule has 164 valence electrons. The van der Waals surface area contributed by atoms with Crippen LogP contribution in [0.2, 0.25) is 0 Å². The standard InChI is InChI=1S/C19H18F3N5O3S/c20-10-3-1-9(2-4-10)17(29)25-15-16(23)26-19(27-18(15)30)31-8-14(28)24-13-6-5-11(21)7-12(13)22/h1-7,15-16,19,26H,8,23H2,(H,24,28)(H,25,29)(H,27,30). The summed E-state index contributed by atoms with van der Waals surface area (Å²) in [6.45, 7) is 0. The monoisotopic (exact) mass is 453 g/mol. The molecule has 1 fully saturated rings. The summed E-state index contributed by atoms with van der Waals surface area (Å²) in [5.74, 6) is -4.12. The highest BCUT2D eigenvalue weighted by Gasteiger charge is 2.35. The van der Waals surface area contributed by atoms with Gasteiger partial charge < -0.3 is 21.7 Å². The van der Waals surface area contributed by atoms with Crippen LogP contribution in [0, 0.1) is 17.5 Å². The van der Waals surface area contributed by atoms with Gasteiger partial charge in [0.05, 0.1) is 17.6 Å². The van der Waals surface area contributed by atoms with E-state index in [-0.39, 0.29) is 17.0 Å². The number of nitrogens with two attached hydrogens (primary N) is 1. The largest absolute Gasteiger partial charge is 0.338 e. The molecule has 3 amide bonds. The third kappa shape index (κ3) is 5.96. The number of nitrogens with one attached hydrogen (secondary N) is 4. The lowest BCUT2D eigenvalue weighted by Crippen LogP contribution is -2.70. The zero-order chi connectivity index (χ0) is 22.5. The summed E-state index contributed by atoms with van der Waals surface area (Å²) in [7, 11) is 0. The first-order valence-electron chi connectivity index (χ1n) is 8.98. The van der Waals surface area contributed by atoms with E-state index in [0.29, 0.717) is 6.07 Å². The number of carbonyl (C=O) groups excluding carboxylic acids is 3. The fraction of sp³-hybridized carbons (Fsp3) is 0.211. The normalized spacial score (nSPS) is 20.6. The Balaban J connectivity index is 1.50. The van der Waals surface area contributed by atoms with Crippen LogP contribution < -0.4 is 27.0 Å². The zero-order valence-electron chi connectivity index (χ0n) is 15.8. The first kappa shape index (κ1) is 22.6. The molecule has 31 heavy (non-hydrogen) atoms. The van der Waals surface area contributed by atoms with E-state index in [4.69, 9.17) is 5.73 Å². The Morgan fingerprint density at radius 2 is 1.74 bits per heavy atom. The van der Waals surface area contributed by atoms with Crippen LogP contribution in [0.5, 0.6) is 0 Å². The summed E-state index contributed by atoms with van der Waals surface area (Å²) in [5, 5.41) is 10.1. The maximum atomic E-state index is 13.6. The Hall–Kier alpha value is -3.09. The average molecular weight is 453 g/mol. The highest BCUT2D eigenvalue weighted by atomic mass is 32.2. The molecule has 3 atom stereocenters. The minimum absolute atomic E-state index is 0.155. The van der Waals surface area contributed by atoms with Crippen LogP contribution in [-0.2, 0) is 9.59 Å². The van der Waals surface area contributed by atoms with Crippen molar-refractivity contribution < 1.29 is 27.6 Å². The summed E-state index contributed by atoms with van der Waals surface area (Å²) in [4.78, 5) is 36.6. The van der Waals surface area contributed by atoms with Gasteiger partial charge in [0, 0.05) is 11.6 Å². The van der Waals surface area contributed by atoms with Crippen LogP contribution in [0.3, 0.4) is 0 Å². The summed E-state index contributed by atoms with van der Waals surface area (Å²) in [5.41, 5.74) is 5.17. The highest BCUT2D eigenvalue weighted by Crippen LogP contribution is 2.17. The second-order valence-corrected chi connectivity index (χ2v) is 7.62. The number of rotatable bonds is 6. The summed E-state index contributed by atoms with van der Waals surface area (Å²) in [6, 6.07) is 6.42. The van der Waals surface area contributed by atoms with Crippen LogP contribution in [0.1, 0.15) is 10.4 Å². The SMILES string of the molecule is NC1NC(SCC(=O)Nc2ccc(F)cc2F)NC(=O)C1NC(=O)c1ccc(F)cc1. The Morgan fingerprint density at radius 3 is 2.39 bits per heavy atom. The van der Waals surface area contributed by atoms with Gasteiger partial charge in [-0.25, -0.2) is 13.2 Å². The predicted molar refractivity (Wildman–Crippen MR) is 108 cm³/mol. The van der Waals surface area contributed by atoms with E-state index in [1.54, 1.807) is 0 Å². The minimum Gasteiger partial charge on any atom is -0.338 e. The number of amides is 3. The summed E-state index contributed by atoms with van der Waals surface area (Å²) in [6.07, 6.45) is -0.965. The van der Waals surface area contributed by atoms with Crippen molar-refractivity contribution in [3.63, 3.8) is 0 Å². The van der Waals surface area contributed by atoms with Crippen LogP contribution in [0.15, 0.2) is 42.5 Å². The van der Waals surface area contributed by atoms with Crippen molar-refractivity contribution in [1.82, 2.24) is 16.0 Å². The smallest absolute Gasteiger partial charge is 0.252 e. The molecule has 1 heterocycles. The molecule has 2 aromatic carbocycles. The molecule has 0 radical (unpaired) electrons. The zero-order valence-corrected chi connectivity index (χ0v) is 16.6. The molecule has 3 rings (SSSR count). The van der Waals surface area contributed by atoms with Gasteiger partial charge >= 0.3 is 0 Å². The van der Waals surface area contributed by atoms with Gasteiger partial charge in [0.25, 0.3) is 5.91 Å². The first-order chi connectivity index (χ1) is 14.7. The number of thioether (sulfide) groups is 1. The van der Waals surface area contributed by atoms with E-state index in [0.717, 1.165) is 36.0 Å². The maximum absolute atomic E-state index is 13.6. The van der Waals surface area contributed by atoms with Gasteiger partial charge in [-0.15, -0.1) is 11.8 Å². The summed E-state index contributed by atoms with van der Waals surface area (Å²) >= 11 is 0.974. The number of hydrogen-bond donors (Lipinski definition) is 5. The third-order valence-corrected chi connectivity index (χ3v) is 5.25. The predicted octanol–water partition coefficient (Wildman–Crippen LogP) is 0.862.